The Hall–Kier alpha value is -0.666. The first-order chi connectivity index (χ1) is 6.15. The molecule has 71 valence electrons. The van der Waals surface area contributed by atoms with Gasteiger partial charge in [-0.1, -0.05) is 12.1 Å². The molecule has 0 spiro atoms. The average molecular weight is 265 g/mol. The molecule has 0 aliphatic heterocycles. The second-order valence-electron chi connectivity index (χ2n) is 2.58. The smallest absolute Gasteiger partial charge is 0.250 e. The van der Waals surface area contributed by atoms with E-state index in [2.05, 4.69) is 12.2 Å². The number of hydrogen-bond donors (Lipinski definition) is 1. The number of ketones is 1. The monoisotopic (exact) mass is 265 g/mol. The second kappa shape index (κ2) is 5.94. The summed E-state index contributed by atoms with van der Waals surface area (Å²) in [5.74, 6) is -0.411. The van der Waals surface area contributed by atoms with Crippen LogP contribution in [0.25, 0.3) is 0 Å². The summed E-state index contributed by atoms with van der Waals surface area (Å²) in [6.45, 7) is 3.26. The topological polar surface area (TPSA) is 46.2 Å². The third-order valence-corrected chi connectivity index (χ3v) is 1.70. The number of rotatable bonds is 2. The van der Waals surface area contributed by atoms with E-state index in [1.807, 2.05) is 0 Å². The van der Waals surface area contributed by atoms with E-state index in [-0.39, 0.29) is 44.4 Å². The molecule has 0 aliphatic carbocycles. The maximum atomic E-state index is 11.1. The summed E-state index contributed by atoms with van der Waals surface area (Å²) in [6, 6.07) is 6.36. The normalized spacial score (nSPS) is 8.64. The van der Waals surface area contributed by atoms with E-state index in [0.717, 1.165) is 0 Å². The number of carbonyl (C=O) groups excluding carboxylic acids is 2. The van der Waals surface area contributed by atoms with Gasteiger partial charge in [0.05, 0.1) is 0 Å². The van der Waals surface area contributed by atoms with Gasteiger partial charge in [-0.25, -0.2) is 0 Å². The van der Waals surface area contributed by atoms with E-state index in [1.165, 1.54) is 0 Å². The van der Waals surface area contributed by atoms with Crippen molar-refractivity contribution in [1.82, 2.24) is 5.32 Å². The fraction of sp³-hybridized carbons (Fsp3) is 0.100. The predicted molar refractivity (Wildman–Crippen MR) is 49.5 cm³/mol. The Morgan fingerprint density at radius 2 is 1.57 bits per heavy atom. The Bertz CT molecular complexity index is 332. The van der Waals surface area contributed by atoms with Crippen molar-refractivity contribution in [3.63, 3.8) is 0 Å². The van der Waals surface area contributed by atoms with E-state index in [0.29, 0.717) is 11.1 Å². The summed E-state index contributed by atoms with van der Waals surface area (Å²) in [5, 5.41) is 2.49. The molecular weight excluding hydrogens is 255 g/mol. The number of nitrogens with one attached hydrogen (secondary N) is 1. The Morgan fingerprint density at radius 1 is 1.14 bits per heavy atom. The Kier molecular flexibility index (Phi) is 5.66. The van der Waals surface area contributed by atoms with Crippen molar-refractivity contribution in [2.75, 3.05) is 7.05 Å². The summed E-state index contributed by atoms with van der Waals surface area (Å²) in [6.07, 6.45) is 0. The van der Waals surface area contributed by atoms with Crippen molar-refractivity contribution in [1.29, 1.82) is 0 Å². The minimum Gasteiger partial charge on any atom is -0.355 e. The van der Waals surface area contributed by atoms with Crippen molar-refractivity contribution < 1.29 is 42.3 Å². The van der Waals surface area contributed by atoms with Crippen LogP contribution in [0.15, 0.2) is 24.3 Å². The van der Waals surface area contributed by atoms with Crippen molar-refractivity contribution in [3.8, 4) is 0 Å². The average Bonchev–Trinajstić information content (AvgIpc) is 2.17. The van der Waals surface area contributed by atoms with Gasteiger partial charge in [0.15, 0.2) is 0 Å². The molecule has 0 aliphatic rings. The predicted octanol–water partition coefficient (Wildman–Crippen LogP) is 1.06. The van der Waals surface area contributed by atoms with Crippen LogP contribution in [0, 0.1) is 6.92 Å². The zero-order chi connectivity index (χ0) is 9.84. The van der Waals surface area contributed by atoms with Crippen LogP contribution in [-0.4, -0.2) is 18.7 Å². The van der Waals surface area contributed by atoms with Gasteiger partial charge in [-0.15, -0.1) is 17.7 Å². The Labute approximate surface area is 108 Å². The van der Waals surface area contributed by atoms with Gasteiger partial charge in [0.2, 0.25) is 0 Å². The van der Waals surface area contributed by atoms with Crippen molar-refractivity contribution >= 4 is 11.7 Å². The number of amides is 1. The fourth-order valence-corrected chi connectivity index (χ4v) is 0.952. The first-order valence-electron chi connectivity index (χ1n) is 3.83. The molecule has 1 N–H and O–H groups in total. The number of carbonyl (C=O) groups is 2. The molecular formula is C10H10NO2Y-. The maximum Gasteiger partial charge on any atom is 0.250 e. The number of Topliss-reactive ketones (excluding diaryl/α,β-unsaturated/α-hetero) is 1. The van der Waals surface area contributed by atoms with Gasteiger partial charge in [0.25, 0.3) is 5.91 Å². The molecule has 1 aromatic rings. The molecule has 0 fully saturated rings. The van der Waals surface area contributed by atoms with Crippen LogP contribution >= 0.6 is 0 Å². The molecule has 0 saturated carbocycles. The minimum atomic E-state index is -0.247. The summed E-state index contributed by atoms with van der Waals surface area (Å²) >= 11 is 0. The minimum absolute atomic E-state index is 0. The van der Waals surface area contributed by atoms with Crippen LogP contribution < -0.4 is 5.32 Å². The largest absolute Gasteiger partial charge is 0.355 e. The molecule has 1 radical (unpaired) electrons. The molecule has 0 unspecified atom stereocenters. The van der Waals surface area contributed by atoms with Gasteiger partial charge < -0.3 is 10.1 Å². The van der Waals surface area contributed by atoms with Gasteiger partial charge in [0, 0.05) is 51.1 Å². The fourth-order valence-electron chi connectivity index (χ4n) is 0.952. The van der Waals surface area contributed by atoms with E-state index in [9.17, 15) is 9.59 Å². The molecule has 0 bridgehead atoms. The van der Waals surface area contributed by atoms with Crippen LogP contribution in [0.3, 0.4) is 0 Å². The first-order valence-corrected chi connectivity index (χ1v) is 3.83. The van der Waals surface area contributed by atoms with Crippen LogP contribution in [0.1, 0.15) is 20.7 Å². The Balaban J connectivity index is 0.00000169. The van der Waals surface area contributed by atoms with Crippen molar-refractivity contribution in [2.24, 2.45) is 0 Å². The van der Waals surface area contributed by atoms with Crippen LogP contribution in [-0.2, 0) is 32.7 Å². The third-order valence-electron chi connectivity index (χ3n) is 1.70. The number of hydrogen-bond acceptors (Lipinski definition) is 2. The molecule has 14 heavy (non-hydrogen) atoms. The first kappa shape index (κ1) is 13.3. The van der Waals surface area contributed by atoms with Crippen molar-refractivity contribution in [3.05, 3.63) is 42.3 Å². The summed E-state index contributed by atoms with van der Waals surface area (Å²) in [4.78, 5) is 21.9. The molecule has 0 aromatic heterocycles. The van der Waals surface area contributed by atoms with Gasteiger partial charge >= 0.3 is 0 Å². The summed E-state index contributed by atoms with van der Waals surface area (Å²) in [7, 11) is 1.56. The second-order valence-corrected chi connectivity index (χ2v) is 2.58. The molecule has 0 atom stereocenters. The molecule has 0 saturated heterocycles. The van der Waals surface area contributed by atoms with E-state index in [4.69, 9.17) is 0 Å². The van der Waals surface area contributed by atoms with E-state index in [1.54, 1.807) is 31.3 Å². The van der Waals surface area contributed by atoms with Gasteiger partial charge in [0.1, 0.15) is 0 Å². The van der Waals surface area contributed by atoms with Gasteiger partial charge in [-0.3, -0.25) is 4.79 Å². The standard InChI is InChI=1S/C10H10NO2.Y/c1-7(12)8-3-5-9(6-4-8)10(13)11-2;/h3-6H,1H2,2H3,(H,11,13);/q-1;. The summed E-state index contributed by atoms with van der Waals surface area (Å²) in [5.41, 5.74) is 1.04. The molecule has 0 heterocycles. The molecule has 1 amide bonds. The van der Waals surface area contributed by atoms with Crippen LogP contribution in [0.5, 0.6) is 0 Å². The molecule has 1 rings (SSSR count). The quantitative estimate of drug-likeness (QED) is 0.642. The molecule has 3 nitrogen and oxygen atoms in total. The molecule has 4 heteroatoms. The zero-order valence-corrected chi connectivity index (χ0v) is 10.7. The SMILES string of the molecule is [CH2-]C(=O)c1ccc(C(=O)NC)cc1.[Y]. The van der Waals surface area contributed by atoms with Crippen molar-refractivity contribution in [2.45, 2.75) is 0 Å². The van der Waals surface area contributed by atoms with Gasteiger partial charge in [-0.05, 0) is 0 Å². The van der Waals surface area contributed by atoms with Gasteiger partial charge in [-0.2, -0.15) is 6.92 Å². The third kappa shape index (κ3) is 3.24. The molecule has 1 aromatic carbocycles. The Morgan fingerprint density at radius 3 is 1.93 bits per heavy atom. The van der Waals surface area contributed by atoms with Crippen LogP contribution in [0.2, 0.25) is 0 Å². The van der Waals surface area contributed by atoms with E-state index >= 15 is 0 Å². The van der Waals surface area contributed by atoms with Crippen LogP contribution in [0.4, 0.5) is 0 Å². The zero-order valence-electron chi connectivity index (χ0n) is 7.91. The number of benzene rings is 1. The van der Waals surface area contributed by atoms with E-state index < -0.39 is 0 Å². The maximum absolute atomic E-state index is 11.1. The summed E-state index contributed by atoms with van der Waals surface area (Å²) < 4.78 is 0.